The van der Waals surface area contributed by atoms with E-state index in [4.69, 9.17) is 11.6 Å². The topological polar surface area (TPSA) is 26.7 Å². The maximum Gasteiger partial charge on any atom is 0.0916 e. The van der Waals surface area contributed by atoms with Crippen LogP contribution in [0, 0.1) is 0 Å². The summed E-state index contributed by atoms with van der Waals surface area (Å²) in [5.41, 5.74) is 5.23. The molecule has 0 saturated carbocycles. The number of aliphatic hydroxyl groups excluding tert-OH is 1. The lowest BCUT2D eigenvalue weighted by atomic mass is 9.93. The summed E-state index contributed by atoms with van der Waals surface area (Å²) in [4.78, 5) is 6.39. The highest BCUT2D eigenvalue weighted by Crippen LogP contribution is 2.42. The van der Waals surface area contributed by atoms with Crippen molar-refractivity contribution in [1.82, 2.24) is 9.80 Å². The second-order valence-electron chi connectivity index (χ2n) is 8.33. The van der Waals surface area contributed by atoms with Gasteiger partial charge in [-0.05, 0) is 40.5 Å². The lowest BCUT2D eigenvalue weighted by Gasteiger charge is -2.40. The molecule has 1 saturated heterocycles. The molecule has 160 valence electrons. The van der Waals surface area contributed by atoms with Crippen LogP contribution < -0.4 is 0 Å². The van der Waals surface area contributed by atoms with Crippen LogP contribution in [0.4, 0.5) is 0 Å². The van der Waals surface area contributed by atoms with Gasteiger partial charge in [-0.3, -0.25) is 9.80 Å². The van der Waals surface area contributed by atoms with Gasteiger partial charge in [0, 0.05) is 48.4 Å². The van der Waals surface area contributed by atoms with Gasteiger partial charge in [-0.25, -0.2) is 0 Å². The zero-order valence-electron chi connectivity index (χ0n) is 17.5. The van der Waals surface area contributed by atoms with Crippen molar-refractivity contribution in [3.8, 4) is 0 Å². The molecule has 2 aliphatic rings. The summed E-state index contributed by atoms with van der Waals surface area (Å²) in [6, 6.07) is 25.6. The van der Waals surface area contributed by atoms with Gasteiger partial charge < -0.3 is 5.11 Å². The van der Waals surface area contributed by atoms with Crippen molar-refractivity contribution in [3.05, 3.63) is 100 Å². The molecule has 0 bridgehead atoms. The number of fused-ring (bicyclic) bond motifs is 2. The van der Waals surface area contributed by atoms with Crippen LogP contribution >= 0.6 is 23.4 Å². The lowest BCUT2D eigenvalue weighted by Crippen LogP contribution is -2.48. The van der Waals surface area contributed by atoms with Crippen LogP contribution in [0.5, 0.6) is 0 Å². The van der Waals surface area contributed by atoms with Crippen molar-refractivity contribution in [2.75, 3.05) is 32.7 Å². The predicted octanol–water partition coefficient (Wildman–Crippen LogP) is 5.39. The minimum Gasteiger partial charge on any atom is -0.387 e. The molecule has 2 atom stereocenters. The quantitative estimate of drug-likeness (QED) is 0.576. The molecule has 31 heavy (non-hydrogen) atoms. The standard InChI is InChI=1S/C26H27ClN2OS/c27-21-11-9-19(10-12-21)24(30)17-28-13-15-29(16-14-28)26-22-6-2-1-5-20(22)18-31-25-8-4-3-7-23(25)26/h1-12,24,26,30H,13-18H2/t24-,26+/m1/s1. The van der Waals surface area contributed by atoms with Crippen LogP contribution in [0.3, 0.4) is 0 Å². The van der Waals surface area contributed by atoms with Crippen LogP contribution in [0.25, 0.3) is 0 Å². The molecule has 2 aliphatic heterocycles. The number of nitrogens with zero attached hydrogens (tertiary/aromatic N) is 2. The Balaban J connectivity index is 1.32. The first-order chi connectivity index (χ1) is 15.2. The lowest BCUT2D eigenvalue weighted by molar-refractivity contribution is 0.0619. The van der Waals surface area contributed by atoms with E-state index in [-0.39, 0.29) is 0 Å². The highest BCUT2D eigenvalue weighted by atomic mass is 35.5. The van der Waals surface area contributed by atoms with E-state index in [0.717, 1.165) is 37.5 Å². The summed E-state index contributed by atoms with van der Waals surface area (Å²) >= 11 is 7.93. The summed E-state index contributed by atoms with van der Waals surface area (Å²) in [5.74, 6) is 1.02. The number of aliphatic hydroxyl groups is 1. The molecule has 0 spiro atoms. The zero-order chi connectivity index (χ0) is 21.2. The Kier molecular flexibility index (Phi) is 6.35. The highest BCUT2D eigenvalue weighted by Gasteiger charge is 2.31. The van der Waals surface area contributed by atoms with Gasteiger partial charge in [0.25, 0.3) is 0 Å². The third kappa shape index (κ3) is 4.55. The number of rotatable bonds is 4. The van der Waals surface area contributed by atoms with Gasteiger partial charge in [0.15, 0.2) is 0 Å². The molecule has 0 unspecified atom stereocenters. The monoisotopic (exact) mass is 450 g/mol. The van der Waals surface area contributed by atoms with E-state index in [2.05, 4.69) is 58.3 Å². The fraction of sp³-hybridized carbons (Fsp3) is 0.308. The molecule has 0 aromatic heterocycles. The number of hydrogen-bond donors (Lipinski definition) is 1. The number of β-amino-alcohol motifs (C(OH)–C–C–N with tert-alkyl or cyclic N) is 1. The van der Waals surface area contributed by atoms with Crippen molar-refractivity contribution in [2.24, 2.45) is 0 Å². The van der Waals surface area contributed by atoms with E-state index in [1.165, 1.54) is 21.6 Å². The average Bonchev–Trinajstić information content (AvgIpc) is 2.97. The van der Waals surface area contributed by atoms with Crippen LogP contribution in [0.15, 0.2) is 77.7 Å². The summed E-state index contributed by atoms with van der Waals surface area (Å²) in [6.07, 6.45) is -0.487. The number of piperazine rings is 1. The van der Waals surface area contributed by atoms with Crippen molar-refractivity contribution >= 4 is 23.4 Å². The molecule has 3 nitrogen and oxygen atoms in total. The molecule has 0 aliphatic carbocycles. The van der Waals surface area contributed by atoms with Gasteiger partial charge in [-0.2, -0.15) is 0 Å². The Morgan fingerprint density at radius 3 is 2.32 bits per heavy atom. The normalized spacial score (nSPS) is 20.5. The SMILES string of the molecule is O[C@H](CN1CCN([C@H]2c3ccccc3CSc3ccccc32)CC1)c1ccc(Cl)cc1. The predicted molar refractivity (Wildman–Crippen MR) is 129 cm³/mol. The third-order valence-electron chi connectivity index (χ3n) is 6.40. The maximum absolute atomic E-state index is 10.7. The summed E-state index contributed by atoms with van der Waals surface area (Å²) in [5, 5.41) is 11.4. The number of benzene rings is 3. The van der Waals surface area contributed by atoms with Gasteiger partial charge in [0.2, 0.25) is 0 Å². The number of halogens is 1. The average molecular weight is 451 g/mol. The van der Waals surface area contributed by atoms with Gasteiger partial charge in [0.1, 0.15) is 0 Å². The summed E-state index contributed by atoms with van der Waals surface area (Å²) in [6.45, 7) is 4.55. The van der Waals surface area contributed by atoms with Gasteiger partial charge in [-0.1, -0.05) is 66.2 Å². The molecule has 1 N–H and O–H groups in total. The van der Waals surface area contributed by atoms with Crippen LogP contribution in [-0.4, -0.2) is 47.6 Å². The number of thioether (sulfide) groups is 1. The minimum absolute atomic E-state index is 0.297. The molecular formula is C26H27ClN2OS. The molecule has 2 heterocycles. The van der Waals surface area contributed by atoms with E-state index in [1.807, 2.05) is 36.0 Å². The zero-order valence-corrected chi connectivity index (χ0v) is 19.0. The fourth-order valence-corrected chi connectivity index (χ4v) is 5.95. The van der Waals surface area contributed by atoms with Crippen molar-refractivity contribution in [1.29, 1.82) is 0 Å². The Morgan fingerprint density at radius 1 is 0.871 bits per heavy atom. The fourth-order valence-electron chi connectivity index (χ4n) is 4.73. The van der Waals surface area contributed by atoms with E-state index < -0.39 is 6.10 Å². The van der Waals surface area contributed by atoms with Crippen molar-refractivity contribution in [2.45, 2.75) is 22.8 Å². The molecular weight excluding hydrogens is 424 g/mol. The molecule has 1 fully saturated rings. The van der Waals surface area contributed by atoms with E-state index in [1.54, 1.807) is 0 Å². The first kappa shape index (κ1) is 21.0. The second kappa shape index (κ2) is 9.35. The molecule has 3 aromatic rings. The smallest absolute Gasteiger partial charge is 0.0916 e. The van der Waals surface area contributed by atoms with Crippen LogP contribution in [0.1, 0.15) is 34.4 Å². The van der Waals surface area contributed by atoms with Gasteiger partial charge in [-0.15, -0.1) is 11.8 Å². The third-order valence-corrected chi connectivity index (χ3v) is 7.79. The maximum atomic E-state index is 10.7. The number of hydrogen-bond acceptors (Lipinski definition) is 4. The Morgan fingerprint density at radius 2 is 1.55 bits per heavy atom. The van der Waals surface area contributed by atoms with Crippen LogP contribution in [0.2, 0.25) is 5.02 Å². The summed E-state index contributed by atoms with van der Waals surface area (Å²) < 4.78 is 0. The van der Waals surface area contributed by atoms with E-state index in [0.29, 0.717) is 17.6 Å². The first-order valence-electron chi connectivity index (χ1n) is 10.9. The van der Waals surface area contributed by atoms with E-state index >= 15 is 0 Å². The first-order valence-corrected chi connectivity index (χ1v) is 12.2. The Labute approximate surface area is 193 Å². The molecule has 5 heteroatoms. The van der Waals surface area contributed by atoms with E-state index in [9.17, 15) is 5.11 Å². The van der Waals surface area contributed by atoms with Crippen molar-refractivity contribution in [3.63, 3.8) is 0 Å². The summed E-state index contributed by atoms with van der Waals surface area (Å²) in [7, 11) is 0. The molecule has 3 aromatic carbocycles. The van der Waals surface area contributed by atoms with Gasteiger partial charge >= 0.3 is 0 Å². The van der Waals surface area contributed by atoms with Gasteiger partial charge in [0.05, 0.1) is 12.1 Å². The Hall–Kier alpha value is -1.82. The van der Waals surface area contributed by atoms with Crippen LogP contribution in [-0.2, 0) is 5.75 Å². The molecule has 5 rings (SSSR count). The largest absolute Gasteiger partial charge is 0.387 e. The molecule has 0 radical (unpaired) electrons. The molecule has 0 amide bonds. The second-order valence-corrected chi connectivity index (χ2v) is 9.79. The Bertz CT molecular complexity index is 986. The minimum atomic E-state index is -0.487. The highest BCUT2D eigenvalue weighted by molar-refractivity contribution is 7.98. The van der Waals surface area contributed by atoms with Crippen molar-refractivity contribution < 1.29 is 5.11 Å².